The SMILES string of the molecule is CC(C)(CO)[C@@H](N)c1cccc(Br)c1O. The van der Waals surface area contributed by atoms with Gasteiger partial charge in [0.2, 0.25) is 0 Å². The van der Waals surface area contributed by atoms with Crippen molar-refractivity contribution in [3.8, 4) is 5.75 Å². The van der Waals surface area contributed by atoms with Gasteiger partial charge in [-0.3, -0.25) is 0 Å². The fraction of sp³-hybridized carbons (Fsp3) is 0.455. The molecule has 0 spiro atoms. The third kappa shape index (κ3) is 2.51. The fourth-order valence-corrected chi connectivity index (χ4v) is 1.68. The summed E-state index contributed by atoms with van der Waals surface area (Å²) in [5, 5.41) is 19.0. The number of aromatic hydroxyl groups is 1. The molecule has 84 valence electrons. The number of phenolic OH excluding ortho intramolecular Hbond substituents is 1. The van der Waals surface area contributed by atoms with Crippen LogP contribution in [-0.2, 0) is 0 Å². The summed E-state index contributed by atoms with van der Waals surface area (Å²) in [5.74, 6) is 0.145. The molecule has 4 N–H and O–H groups in total. The molecule has 0 saturated heterocycles. The van der Waals surface area contributed by atoms with E-state index in [1.807, 2.05) is 19.9 Å². The van der Waals surface area contributed by atoms with Crippen LogP contribution in [0.4, 0.5) is 0 Å². The van der Waals surface area contributed by atoms with Crippen LogP contribution < -0.4 is 5.73 Å². The molecule has 3 nitrogen and oxygen atoms in total. The number of hydrogen-bond acceptors (Lipinski definition) is 3. The van der Waals surface area contributed by atoms with Crippen LogP contribution in [0.2, 0.25) is 0 Å². The zero-order chi connectivity index (χ0) is 11.6. The Morgan fingerprint density at radius 3 is 2.60 bits per heavy atom. The molecule has 0 radical (unpaired) electrons. The number of nitrogens with two attached hydrogens (primary N) is 1. The molecule has 4 heteroatoms. The number of halogens is 1. The molecular weight excluding hydrogens is 258 g/mol. The fourth-order valence-electron chi connectivity index (χ4n) is 1.30. The van der Waals surface area contributed by atoms with Gasteiger partial charge in [0.15, 0.2) is 0 Å². The Morgan fingerprint density at radius 1 is 1.47 bits per heavy atom. The summed E-state index contributed by atoms with van der Waals surface area (Å²) >= 11 is 3.23. The molecule has 0 unspecified atom stereocenters. The maximum atomic E-state index is 9.82. The van der Waals surface area contributed by atoms with Crippen molar-refractivity contribution in [1.82, 2.24) is 0 Å². The van der Waals surface area contributed by atoms with E-state index in [9.17, 15) is 10.2 Å². The normalized spacial score (nSPS) is 13.9. The Kier molecular flexibility index (Phi) is 3.76. The van der Waals surface area contributed by atoms with E-state index in [2.05, 4.69) is 15.9 Å². The number of hydrogen-bond donors (Lipinski definition) is 3. The third-order valence-corrected chi connectivity index (χ3v) is 3.24. The zero-order valence-electron chi connectivity index (χ0n) is 8.87. The first-order valence-electron chi connectivity index (χ1n) is 4.74. The van der Waals surface area contributed by atoms with Crippen LogP contribution in [0.1, 0.15) is 25.5 Å². The number of phenols is 1. The van der Waals surface area contributed by atoms with Gasteiger partial charge in [0.05, 0.1) is 4.47 Å². The number of rotatable bonds is 3. The molecule has 0 aromatic heterocycles. The van der Waals surface area contributed by atoms with Gasteiger partial charge in [-0.05, 0) is 22.0 Å². The summed E-state index contributed by atoms with van der Waals surface area (Å²) in [6, 6.07) is 4.92. The monoisotopic (exact) mass is 273 g/mol. The maximum Gasteiger partial charge on any atom is 0.134 e. The number of para-hydroxylation sites is 1. The van der Waals surface area contributed by atoms with E-state index in [0.29, 0.717) is 10.0 Å². The second-order valence-electron chi connectivity index (χ2n) is 4.30. The molecule has 0 fully saturated rings. The van der Waals surface area contributed by atoms with Gasteiger partial charge in [-0.1, -0.05) is 26.0 Å². The summed E-state index contributed by atoms with van der Waals surface area (Å²) in [4.78, 5) is 0. The summed E-state index contributed by atoms with van der Waals surface area (Å²) in [7, 11) is 0. The highest BCUT2D eigenvalue weighted by molar-refractivity contribution is 9.10. The van der Waals surface area contributed by atoms with Gasteiger partial charge in [0.25, 0.3) is 0 Å². The number of aliphatic hydroxyl groups excluding tert-OH is 1. The number of aliphatic hydroxyl groups is 1. The van der Waals surface area contributed by atoms with E-state index in [0.717, 1.165) is 0 Å². The van der Waals surface area contributed by atoms with Crippen molar-refractivity contribution < 1.29 is 10.2 Å². The van der Waals surface area contributed by atoms with E-state index >= 15 is 0 Å². The van der Waals surface area contributed by atoms with Gasteiger partial charge in [-0.15, -0.1) is 0 Å². The topological polar surface area (TPSA) is 66.5 Å². The predicted octanol–water partition coefficient (Wildman–Crippen LogP) is 2.17. The highest BCUT2D eigenvalue weighted by Gasteiger charge is 2.29. The first-order chi connectivity index (χ1) is 6.90. The highest BCUT2D eigenvalue weighted by atomic mass is 79.9. The van der Waals surface area contributed by atoms with Crippen molar-refractivity contribution in [1.29, 1.82) is 0 Å². The lowest BCUT2D eigenvalue weighted by Crippen LogP contribution is -2.32. The maximum absolute atomic E-state index is 9.82. The van der Waals surface area contributed by atoms with Crippen LogP contribution in [0.5, 0.6) is 5.75 Å². The molecule has 1 aromatic rings. The van der Waals surface area contributed by atoms with Gasteiger partial charge >= 0.3 is 0 Å². The van der Waals surface area contributed by atoms with E-state index in [4.69, 9.17) is 5.73 Å². The third-order valence-electron chi connectivity index (χ3n) is 2.60. The van der Waals surface area contributed by atoms with E-state index < -0.39 is 11.5 Å². The van der Waals surface area contributed by atoms with E-state index in [1.165, 1.54) is 0 Å². The van der Waals surface area contributed by atoms with Crippen molar-refractivity contribution in [2.24, 2.45) is 11.1 Å². The van der Waals surface area contributed by atoms with Crippen LogP contribution in [0.3, 0.4) is 0 Å². The minimum atomic E-state index is -0.460. The molecule has 1 rings (SSSR count). The minimum Gasteiger partial charge on any atom is -0.506 e. The zero-order valence-corrected chi connectivity index (χ0v) is 10.5. The molecule has 0 amide bonds. The van der Waals surface area contributed by atoms with Gasteiger partial charge in [0, 0.05) is 23.6 Å². The first kappa shape index (κ1) is 12.5. The Bertz CT molecular complexity index is 352. The smallest absolute Gasteiger partial charge is 0.134 e. The predicted molar refractivity (Wildman–Crippen MR) is 63.6 cm³/mol. The van der Waals surface area contributed by atoms with Crippen LogP contribution in [-0.4, -0.2) is 16.8 Å². The second-order valence-corrected chi connectivity index (χ2v) is 5.16. The van der Waals surface area contributed by atoms with Gasteiger partial charge in [-0.2, -0.15) is 0 Å². The Hall–Kier alpha value is -0.580. The average Bonchev–Trinajstić information content (AvgIpc) is 2.21. The molecule has 0 heterocycles. The summed E-state index contributed by atoms with van der Waals surface area (Å²) < 4.78 is 0.615. The molecule has 1 atom stereocenters. The molecule has 15 heavy (non-hydrogen) atoms. The van der Waals surface area contributed by atoms with Crippen molar-refractivity contribution >= 4 is 15.9 Å². The molecule has 0 aliphatic rings. The molecule has 1 aromatic carbocycles. The largest absolute Gasteiger partial charge is 0.506 e. The molecule has 0 bridgehead atoms. The van der Waals surface area contributed by atoms with Gasteiger partial charge in [0.1, 0.15) is 5.75 Å². The lowest BCUT2D eigenvalue weighted by atomic mass is 9.81. The quantitative estimate of drug-likeness (QED) is 0.791. The number of benzene rings is 1. The van der Waals surface area contributed by atoms with Crippen LogP contribution >= 0.6 is 15.9 Å². The lowest BCUT2D eigenvalue weighted by Gasteiger charge is -2.30. The average molecular weight is 274 g/mol. The summed E-state index contributed by atoms with van der Waals surface area (Å²) in [6.07, 6.45) is 0. The first-order valence-corrected chi connectivity index (χ1v) is 5.53. The van der Waals surface area contributed by atoms with Crippen LogP contribution in [0.25, 0.3) is 0 Å². The molecule has 0 aliphatic heterocycles. The lowest BCUT2D eigenvalue weighted by molar-refractivity contribution is 0.131. The van der Waals surface area contributed by atoms with Crippen LogP contribution in [0.15, 0.2) is 22.7 Å². The molecule has 0 saturated carbocycles. The van der Waals surface area contributed by atoms with Crippen molar-refractivity contribution in [2.75, 3.05) is 6.61 Å². The van der Waals surface area contributed by atoms with Crippen molar-refractivity contribution in [2.45, 2.75) is 19.9 Å². The Morgan fingerprint density at radius 2 is 2.07 bits per heavy atom. The van der Waals surface area contributed by atoms with Crippen molar-refractivity contribution in [3.63, 3.8) is 0 Å². The minimum absolute atomic E-state index is 0.0277. The van der Waals surface area contributed by atoms with Crippen molar-refractivity contribution in [3.05, 3.63) is 28.2 Å². The second kappa shape index (κ2) is 4.51. The highest BCUT2D eigenvalue weighted by Crippen LogP contribution is 2.38. The Balaban J connectivity index is 3.12. The van der Waals surface area contributed by atoms with E-state index in [-0.39, 0.29) is 12.4 Å². The molecule has 0 aliphatic carbocycles. The van der Waals surface area contributed by atoms with Crippen LogP contribution in [0, 0.1) is 5.41 Å². The Labute approximate surface area is 98.1 Å². The van der Waals surface area contributed by atoms with Gasteiger partial charge in [-0.25, -0.2) is 0 Å². The van der Waals surface area contributed by atoms with E-state index in [1.54, 1.807) is 12.1 Å². The van der Waals surface area contributed by atoms with Gasteiger partial charge < -0.3 is 15.9 Å². The molecular formula is C11H16BrNO2. The summed E-state index contributed by atoms with van der Waals surface area (Å²) in [6.45, 7) is 3.69. The standard InChI is InChI=1S/C11H16BrNO2/c1-11(2,6-14)10(13)7-4-3-5-8(12)9(7)15/h3-5,10,14-15H,6,13H2,1-2H3/t10-/m0/s1. The summed E-state index contributed by atoms with van der Waals surface area (Å²) in [5.41, 5.74) is 6.19.